The van der Waals surface area contributed by atoms with Gasteiger partial charge >= 0.3 is 0 Å². The molecule has 2 aliphatic carbocycles. The van der Waals surface area contributed by atoms with Gasteiger partial charge in [0.1, 0.15) is 11.5 Å². The Balaban J connectivity index is 2.15. The van der Waals surface area contributed by atoms with Gasteiger partial charge in [-0.2, -0.15) is 0 Å². The first-order valence-electron chi connectivity index (χ1n) is 13.9. The van der Waals surface area contributed by atoms with Crippen molar-refractivity contribution in [3.63, 3.8) is 0 Å². The molecule has 0 amide bonds. The minimum atomic E-state index is -0.0458. The molecule has 2 aliphatic rings. The Morgan fingerprint density at radius 3 is 1.86 bits per heavy atom. The SMILES string of the molecule is C=C(C)[C@@H]1CCC(C)=C[C@H]1c1c(O)cc(CCCCCCC)c([C@@H]2C=C(C)CC[C@H]2C(=C)C)c1O. The van der Waals surface area contributed by atoms with Crippen molar-refractivity contribution in [2.75, 3.05) is 0 Å². The van der Waals surface area contributed by atoms with Crippen LogP contribution >= 0.6 is 0 Å². The summed E-state index contributed by atoms with van der Waals surface area (Å²) in [5.41, 5.74) is 7.81. The van der Waals surface area contributed by atoms with Crippen molar-refractivity contribution < 1.29 is 10.2 Å². The average Bonchev–Trinajstić information content (AvgIpc) is 2.78. The van der Waals surface area contributed by atoms with E-state index < -0.39 is 0 Å². The Hall–Kier alpha value is -2.22. The van der Waals surface area contributed by atoms with Crippen molar-refractivity contribution in [3.05, 3.63) is 70.4 Å². The van der Waals surface area contributed by atoms with Crippen molar-refractivity contribution in [2.24, 2.45) is 11.8 Å². The molecular formula is C33H48O2. The van der Waals surface area contributed by atoms with Crippen LogP contribution in [0.25, 0.3) is 0 Å². The number of rotatable bonds is 10. The van der Waals surface area contributed by atoms with Crippen LogP contribution in [-0.4, -0.2) is 10.2 Å². The molecule has 0 radical (unpaired) electrons. The van der Waals surface area contributed by atoms with E-state index in [-0.39, 0.29) is 23.5 Å². The Morgan fingerprint density at radius 2 is 1.34 bits per heavy atom. The largest absolute Gasteiger partial charge is 0.507 e. The van der Waals surface area contributed by atoms with Gasteiger partial charge in [0, 0.05) is 23.0 Å². The van der Waals surface area contributed by atoms with Crippen LogP contribution < -0.4 is 0 Å². The highest BCUT2D eigenvalue weighted by Gasteiger charge is 2.35. The van der Waals surface area contributed by atoms with Gasteiger partial charge in [-0.05, 0) is 89.7 Å². The Bertz CT molecular complexity index is 993. The van der Waals surface area contributed by atoms with E-state index >= 15 is 0 Å². The number of aromatic hydroxyl groups is 2. The molecule has 0 saturated heterocycles. The maximum Gasteiger partial charge on any atom is 0.127 e. The Labute approximate surface area is 214 Å². The molecule has 0 fully saturated rings. The summed E-state index contributed by atoms with van der Waals surface area (Å²) < 4.78 is 0. The summed E-state index contributed by atoms with van der Waals surface area (Å²) in [6, 6.07) is 1.98. The molecule has 0 saturated carbocycles. The maximum absolute atomic E-state index is 12.0. The van der Waals surface area contributed by atoms with Crippen LogP contribution in [0, 0.1) is 11.8 Å². The van der Waals surface area contributed by atoms with Gasteiger partial charge in [0.05, 0.1) is 0 Å². The van der Waals surface area contributed by atoms with E-state index in [0.717, 1.165) is 55.2 Å². The van der Waals surface area contributed by atoms with E-state index in [2.05, 4.69) is 59.9 Å². The molecule has 0 aromatic heterocycles. The smallest absolute Gasteiger partial charge is 0.127 e. The maximum atomic E-state index is 12.0. The second kappa shape index (κ2) is 12.2. The van der Waals surface area contributed by atoms with Crippen LogP contribution in [0.2, 0.25) is 0 Å². The molecule has 0 bridgehead atoms. The van der Waals surface area contributed by atoms with Gasteiger partial charge < -0.3 is 10.2 Å². The molecule has 0 aliphatic heterocycles. The van der Waals surface area contributed by atoms with E-state index in [9.17, 15) is 10.2 Å². The number of hydrogen-bond acceptors (Lipinski definition) is 2. The predicted octanol–water partition coefficient (Wildman–Crippen LogP) is 9.64. The summed E-state index contributed by atoms with van der Waals surface area (Å²) in [4.78, 5) is 0. The third-order valence-electron chi connectivity index (χ3n) is 8.42. The number of benzene rings is 1. The molecule has 4 atom stereocenters. The summed E-state index contributed by atoms with van der Waals surface area (Å²) >= 11 is 0. The number of hydrogen-bond donors (Lipinski definition) is 2. The highest BCUT2D eigenvalue weighted by atomic mass is 16.3. The van der Waals surface area contributed by atoms with Crippen LogP contribution in [0.4, 0.5) is 0 Å². The lowest BCUT2D eigenvalue weighted by Crippen LogP contribution is -2.21. The van der Waals surface area contributed by atoms with Crippen molar-refractivity contribution in [1.29, 1.82) is 0 Å². The van der Waals surface area contributed by atoms with E-state index in [0.29, 0.717) is 17.2 Å². The van der Waals surface area contributed by atoms with Gasteiger partial charge in [0.15, 0.2) is 0 Å². The summed E-state index contributed by atoms with van der Waals surface area (Å²) in [5.74, 6) is 1.13. The summed E-state index contributed by atoms with van der Waals surface area (Å²) in [7, 11) is 0. The molecule has 2 nitrogen and oxygen atoms in total. The number of aryl methyl sites for hydroxylation is 1. The zero-order valence-corrected chi connectivity index (χ0v) is 22.9. The van der Waals surface area contributed by atoms with Crippen LogP contribution in [-0.2, 0) is 6.42 Å². The van der Waals surface area contributed by atoms with Gasteiger partial charge in [0.2, 0.25) is 0 Å². The number of phenolic OH excluding ortho intramolecular Hbond substituents is 2. The van der Waals surface area contributed by atoms with Gasteiger partial charge in [0.25, 0.3) is 0 Å². The first-order valence-corrected chi connectivity index (χ1v) is 13.9. The molecule has 35 heavy (non-hydrogen) atoms. The lowest BCUT2D eigenvalue weighted by atomic mass is 9.69. The molecule has 1 aromatic carbocycles. The van der Waals surface area contributed by atoms with E-state index in [1.54, 1.807) is 0 Å². The quantitative estimate of drug-likeness (QED) is 0.261. The monoisotopic (exact) mass is 476 g/mol. The normalized spacial score (nSPS) is 24.6. The van der Waals surface area contributed by atoms with Crippen molar-refractivity contribution in [1.82, 2.24) is 0 Å². The molecule has 3 rings (SSSR count). The highest BCUT2D eigenvalue weighted by Crippen LogP contribution is 2.52. The van der Waals surface area contributed by atoms with Crippen molar-refractivity contribution in [2.45, 2.75) is 111 Å². The molecule has 2 heteroatoms. The fourth-order valence-electron chi connectivity index (χ4n) is 6.38. The van der Waals surface area contributed by atoms with Gasteiger partial charge in [-0.3, -0.25) is 0 Å². The Morgan fingerprint density at radius 1 is 0.829 bits per heavy atom. The molecule has 2 N–H and O–H groups in total. The van der Waals surface area contributed by atoms with E-state index in [1.165, 1.54) is 42.4 Å². The molecule has 0 spiro atoms. The standard InChI is InChI=1S/C33H48O2/c1-8-9-10-11-12-13-25-20-30(34)32(29-19-24(7)15-17-27(29)22(4)5)33(35)31(25)28-18-23(6)14-16-26(28)21(2)3/h18-20,26-29,34-35H,2,4,8-17H2,1,3,5-7H3/t26-,27-,28+,29+/m0/s1. The second-order valence-corrected chi connectivity index (χ2v) is 11.5. The summed E-state index contributed by atoms with van der Waals surface area (Å²) in [6.07, 6.45) is 15.7. The average molecular weight is 477 g/mol. The molecule has 0 heterocycles. The molecule has 1 aromatic rings. The van der Waals surface area contributed by atoms with Crippen molar-refractivity contribution in [3.8, 4) is 11.5 Å². The Kier molecular flexibility index (Phi) is 9.50. The number of phenols is 2. The van der Waals surface area contributed by atoms with Crippen LogP contribution in [0.15, 0.2) is 53.7 Å². The van der Waals surface area contributed by atoms with Gasteiger partial charge in [-0.25, -0.2) is 0 Å². The zero-order valence-electron chi connectivity index (χ0n) is 22.9. The van der Waals surface area contributed by atoms with Crippen LogP contribution in [0.5, 0.6) is 11.5 Å². The topological polar surface area (TPSA) is 40.5 Å². The predicted molar refractivity (Wildman–Crippen MR) is 150 cm³/mol. The summed E-state index contributed by atoms with van der Waals surface area (Å²) in [5, 5.41) is 23.3. The number of unbranched alkanes of at least 4 members (excludes halogenated alkanes) is 4. The fraction of sp³-hybridized carbons (Fsp3) is 0.576. The first kappa shape index (κ1) is 27.4. The minimum Gasteiger partial charge on any atom is -0.507 e. The van der Waals surface area contributed by atoms with E-state index in [4.69, 9.17) is 0 Å². The summed E-state index contributed by atoms with van der Waals surface area (Å²) in [6.45, 7) is 19.4. The first-order chi connectivity index (χ1) is 16.6. The second-order valence-electron chi connectivity index (χ2n) is 11.5. The van der Waals surface area contributed by atoms with Gasteiger partial charge in [-0.15, -0.1) is 0 Å². The molecule has 192 valence electrons. The van der Waals surface area contributed by atoms with Crippen molar-refractivity contribution >= 4 is 0 Å². The van der Waals surface area contributed by atoms with E-state index in [1.807, 2.05) is 6.07 Å². The minimum absolute atomic E-state index is 0.0458. The lowest BCUT2D eigenvalue weighted by Gasteiger charge is -2.35. The fourth-order valence-corrected chi connectivity index (χ4v) is 6.38. The lowest BCUT2D eigenvalue weighted by molar-refractivity contribution is 0.392. The third kappa shape index (κ3) is 6.32. The zero-order chi connectivity index (χ0) is 25.7. The highest BCUT2D eigenvalue weighted by molar-refractivity contribution is 5.59. The van der Waals surface area contributed by atoms with Crippen LogP contribution in [0.3, 0.4) is 0 Å². The number of allylic oxidation sites excluding steroid dienone is 6. The van der Waals surface area contributed by atoms with Gasteiger partial charge in [-0.1, -0.05) is 80.2 Å². The molecule has 0 unspecified atom stereocenters. The van der Waals surface area contributed by atoms with Crippen LogP contribution in [0.1, 0.15) is 121 Å². The molecular weight excluding hydrogens is 428 g/mol. The third-order valence-corrected chi connectivity index (χ3v) is 8.42.